The molecule has 0 aliphatic heterocycles. The number of aromatic hydroxyl groups is 1. The van der Waals surface area contributed by atoms with E-state index < -0.39 is 13.3 Å². The molecule has 1 N–H and O–H groups in total. The summed E-state index contributed by atoms with van der Waals surface area (Å²) in [5.74, 6) is 0.147. The van der Waals surface area contributed by atoms with Crippen molar-refractivity contribution in [3.8, 4) is 5.75 Å². The van der Waals surface area contributed by atoms with Gasteiger partial charge in [-0.3, -0.25) is 4.57 Å². The quantitative estimate of drug-likeness (QED) is 0.660. The van der Waals surface area contributed by atoms with Crippen molar-refractivity contribution in [2.45, 2.75) is 45.7 Å². The van der Waals surface area contributed by atoms with Crippen molar-refractivity contribution in [2.75, 3.05) is 13.2 Å². The van der Waals surface area contributed by atoms with Crippen LogP contribution in [-0.4, -0.2) is 18.3 Å². The third-order valence-electron chi connectivity index (χ3n) is 3.13. The molecule has 0 bridgehead atoms. The van der Waals surface area contributed by atoms with Crippen molar-refractivity contribution in [1.29, 1.82) is 0 Å². The fraction of sp³-hybridized carbons (Fsp3) is 0.600. The number of benzene rings is 1. The molecule has 1 rings (SSSR count). The van der Waals surface area contributed by atoms with Crippen molar-refractivity contribution in [1.82, 2.24) is 0 Å². The number of hydrogen-bond acceptors (Lipinski definition) is 4. The molecule has 1 atom stereocenters. The Bertz CT molecular complexity index is 437. The maximum Gasteiger partial charge on any atom is 0.338 e. The Kier molecular flexibility index (Phi) is 7.28. The lowest BCUT2D eigenvalue weighted by atomic mass is 10.1. The summed E-state index contributed by atoms with van der Waals surface area (Å²) in [5, 5.41) is 10.0. The zero-order valence-corrected chi connectivity index (χ0v) is 13.4. The van der Waals surface area contributed by atoms with E-state index in [-0.39, 0.29) is 5.75 Å². The smallest absolute Gasteiger partial charge is 0.338 e. The van der Waals surface area contributed by atoms with Gasteiger partial charge in [0.1, 0.15) is 5.75 Å². The highest BCUT2D eigenvalue weighted by Crippen LogP contribution is 2.63. The molecule has 0 aromatic heterocycles. The Balaban J connectivity index is 3.15. The molecule has 0 saturated heterocycles. The van der Waals surface area contributed by atoms with E-state index in [2.05, 4.69) is 6.92 Å². The summed E-state index contributed by atoms with van der Waals surface area (Å²) >= 11 is 0. The Morgan fingerprint density at radius 3 is 2.25 bits per heavy atom. The van der Waals surface area contributed by atoms with Gasteiger partial charge in [0.05, 0.1) is 18.9 Å². The first-order chi connectivity index (χ1) is 9.59. The summed E-state index contributed by atoms with van der Waals surface area (Å²) in [6.07, 6.45) is 2.57. The third kappa shape index (κ3) is 4.34. The molecule has 0 amide bonds. The molecule has 1 aromatic rings. The molecule has 20 heavy (non-hydrogen) atoms. The first-order valence-corrected chi connectivity index (χ1v) is 8.86. The SMILES string of the molecule is CCCCC(c1ccccc1O)P(=O)(OCC)OCC. The molecular formula is C15H25O4P. The van der Waals surface area contributed by atoms with Crippen molar-refractivity contribution < 1.29 is 18.7 Å². The summed E-state index contributed by atoms with van der Waals surface area (Å²) in [4.78, 5) is 0. The standard InChI is InChI=1S/C15H25O4P/c1-4-7-12-15(13-10-8-9-11-14(13)16)20(17,18-5-2)19-6-3/h8-11,15-16H,4-7,12H2,1-3H3. The highest BCUT2D eigenvalue weighted by atomic mass is 31.2. The minimum atomic E-state index is -3.27. The van der Waals surface area contributed by atoms with Gasteiger partial charge in [0.15, 0.2) is 0 Å². The van der Waals surface area contributed by atoms with Gasteiger partial charge in [-0.25, -0.2) is 0 Å². The lowest BCUT2D eigenvalue weighted by Crippen LogP contribution is -2.07. The predicted octanol–water partition coefficient (Wildman–Crippen LogP) is 4.89. The Morgan fingerprint density at radius 1 is 1.15 bits per heavy atom. The average Bonchev–Trinajstić information content (AvgIpc) is 2.41. The van der Waals surface area contributed by atoms with Crippen LogP contribution in [0, 0.1) is 0 Å². The van der Waals surface area contributed by atoms with Gasteiger partial charge < -0.3 is 14.2 Å². The lowest BCUT2D eigenvalue weighted by molar-refractivity contribution is 0.209. The molecule has 0 heterocycles. The molecule has 0 fully saturated rings. The third-order valence-corrected chi connectivity index (χ3v) is 5.66. The van der Waals surface area contributed by atoms with Gasteiger partial charge >= 0.3 is 7.60 Å². The van der Waals surface area contributed by atoms with E-state index in [9.17, 15) is 9.67 Å². The second kappa shape index (κ2) is 8.46. The van der Waals surface area contributed by atoms with Crippen molar-refractivity contribution in [3.63, 3.8) is 0 Å². The molecule has 1 aromatic carbocycles. The fourth-order valence-electron chi connectivity index (χ4n) is 2.23. The monoisotopic (exact) mass is 300 g/mol. The molecule has 0 spiro atoms. The summed E-state index contributed by atoms with van der Waals surface area (Å²) in [7, 11) is -3.27. The van der Waals surface area contributed by atoms with Gasteiger partial charge in [0.25, 0.3) is 0 Å². The van der Waals surface area contributed by atoms with Gasteiger partial charge in [-0.05, 0) is 26.3 Å². The number of hydrogen-bond donors (Lipinski definition) is 1. The van der Waals surface area contributed by atoms with E-state index in [4.69, 9.17) is 9.05 Å². The summed E-state index contributed by atoms with van der Waals surface area (Å²) in [6, 6.07) is 6.98. The van der Waals surface area contributed by atoms with Crippen molar-refractivity contribution in [2.24, 2.45) is 0 Å². The van der Waals surface area contributed by atoms with Gasteiger partial charge in [0, 0.05) is 5.56 Å². The van der Waals surface area contributed by atoms with Crippen molar-refractivity contribution in [3.05, 3.63) is 29.8 Å². The maximum atomic E-state index is 13.0. The fourth-order valence-corrected chi connectivity index (χ4v) is 4.44. The van der Waals surface area contributed by atoms with Crippen LogP contribution >= 0.6 is 7.60 Å². The largest absolute Gasteiger partial charge is 0.508 e. The lowest BCUT2D eigenvalue weighted by Gasteiger charge is -2.27. The highest BCUT2D eigenvalue weighted by molar-refractivity contribution is 7.54. The number of rotatable bonds is 9. The van der Waals surface area contributed by atoms with E-state index in [0.29, 0.717) is 25.2 Å². The van der Waals surface area contributed by atoms with Crippen LogP contribution in [0.4, 0.5) is 0 Å². The highest BCUT2D eigenvalue weighted by Gasteiger charge is 2.37. The van der Waals surface area contributed by atoms with E-state index in [1.807, 2.05) is 6.07 Å². The first-order valence-electron chi connectivity index (χ1n) is 7.25. The second-order valence-corrected chi connectivity index (χ2v) is 6.81. The van der Waals surface area contributed by atoms with Crippen LogP contribution in [0.5, 0.6) is 5.75 Å². The van der Waals surface area contributed by atoms with Crippen LogP contribution in [0.3, 0.4) is 0 Å². The van der Waals surface area contributed by atoms with Gasteiger partial charge in [-0.15, -0.1) is 0 Å². The Morgan fingerprint density at radius 2 is 1.75 bits per heavy atom. The normalized spacial score (nSPS) is 13.3. The number of para-hydroxylation sites is 1. The Labute approximate surface area is 121 Å². The summed E-state index contributed by atoms with van der Waals surface area (Å²) in [6.45, 7) is 6.33. The average molecular weight is 300 g/mol. The molecule has 4 nitrogen and oxygen atoms in total. The summed E-state index contributed by atoms with van der Waals surface area (Å²) < 4.78 is 23.9. The van der Waals surface area contributed by atoms with Crippen LogP contribution in [0.15, 0.2) is 24.3 Å². The number of unbranched alkanes of at least 4 members (excludes halogenated alkanes) is 1. The molecule has 0 radical (unpaired) electrons. The van der Waals surface area contributed by atoms with Crippen LogP contribution in [0.1, 0.15) is 51.3 Å². The number of phenols is 1. The van der Waals surface area contributed by atoms with Crippen LogP contribution < -0.4 is 0 Å². The molecular weight excluding hydrogens is 275 g/mol. The van der Waals surface area contributed by atoms with E-state index >= 15 is 0 Å². The van der Waals surface area contributed by atoms with Gasteiger partial charge in [0.2, 0.25) is 0 Å². The van der Waals surface area contributed by atoms with Crippen LogP contribution in [0.25, 0.3) is 0 Å². The predicted molar refractivity (Wildman–Crippen MR) is 81.2 cm³/mol. The van der Waals surface area contributed by atoms with Gasteiger partial charge in [-0.1, -0.05) is 38.0 Å². The Hall–Kier alpha value is -0.830. The first kappa shape index (κ1) is 17.2. The van der Waals surface area contributed by atoms with Crippen LogP contribution in [-0.2, 0) is 13.6 Å². The van der Waals surface area contributed by atoms with E-state index in [1.165, 1.54) is 0 Å². The summed E-state index contributed by atoms with van der Waals surface area (Å²) in [5.41, 5.74) is 0.231. The molecule has 0 aliphatic rings. The zero-order valence-electron chi connectivity index (χ0n) is 12.5. The second-order valence-electron chi connectivity index (χ2n) is 4.59. The van der Waals surface area contributed by atoms with Gasteiger partial charge in [-0.2, -0.15) is 0 Å². The molecule has 0 saturated carbocycles. The van der Waals surface area contributed by atoms with Crippen molar-refractivity contribution >= 4 is 7.60 Å². The molecule has 114 valence electrons. The van der Waals surface area contributed by atoms with E-state index in [1.54, 1.807) is 32.0 Å². The maximum absolute atomic E-state index is 13.0. The van der Waals surface area contributed by atoms with E-state index in [0.717, 1.165) is 12.8 Å². The number of phenolic OH excluding ortho intramolecular Hbond substituents is 1. The molecule has 5 heteroatoms. The minimum Gasteiger partial charge on any atom is -0.508 e. The topological polar surface area (TPSA) is 55.8 Å². The zero-order chi connectivity index (χ0) is 15.0. The van der Waals surface area contributed by atoms with Crippen LogP contribution in [0.2, 0.25) is 0 Å². The minimum absolute atomic E-state index is 0.147. The molecule has 1 unspecified atom stereocenters. The molecule has 0 aliphatic carbocycles.